The molecule has 20 heavy (non-hydrogen) atoms. The fourth-order valence-electron chi connectivity index (χ4n) is 2.99. The minimum atomic E-state index is 0.123. The lowest BCUT2D eigenvalue weighted by Gasteiger charge is -2.19. The Bertz CT molecular complexity index is 577. The van der Waals surface area contributed by atoms with Crippen LogP contribution in [0.2, 0.25) is 0 Å². The molecule has 2 unspecified atom stereocenters. The summed E-state index contributed by atoms with van der Waals surface area (Å²) in [6.07, 6.45) is 2.39. The second-order valence-electron chi connectivity index (χ2n) is 5.25. The number of rotatable bonds is 4. The first-order valence-corrected chi connectivity index (χ1v) is 7.23. The summed E-state index contributed by atoms with van der Waals surface area (Å²) in [6.45, 7) is 2.22. The summed E-state index contributed by atoms with van der Waals surface area (Å²) >= 11 is 0. The number of fused-ring (bicyclic) bond motifs is 1. The summed E-state index contributed by atoms with van der Waals surface area (Å²) in [5, 5.41) is 0. The summed E-state index contributed by atoms with van der Waals surface area (Å²) < 4.78 is 11.6. The molecule has 0 spiro atoms. The Balaban J connectivity index is 1.99. The van der Waals surface area contributed by atoms with Crippen LogP contribution in [0.5, 0.6) is 11.5 Å². The molecule has 0 fully saturated rings. The minimum absolute atomic E-state index is 0.123. The lowest BCUT2D eigenvalue weighted by molar-refractivity contribution is 0.204. The van der Waals surface area contributed by atoms with Crippen molar-refractivity contribution in [2.75, 3.05) is 7.11 Å². The number of ether oxygens (including phenoxy) is 2. The zero-order valence-corrected chi connectivity index (χ0v) is 12.0. The van der Waals surface area contributed by atoms with Gasteiger partial charge in [0.2, 0.25) is 0 Å². The lowest BCUT2D eigenvalue weighted by Crippen LogP contribution is -2.09. The lowest BCUT2D eigenvalue weighted by atomic mass is 9.87. The van der Waals surface area contributed by atoms with Gasteiger partial charge in [-0.2, -0.15) is 0 Å². The van der Waals surface area contributed by atoms with Gasteiger partial charge in [-0.1, -0.05) is 43.7 Å². The zero-order valence-electron chi connectivity index (χ0n) is 12.0. The van der Waals surface area contributed by atoms with E-state index < -0.39 is 0 Å². The van der Waals surface area contributed by atoms with Crippen LogP contribution in [0.3, 0.4) is 0 Å². The molecule has 0 N–H and O–H groups in total. The fourth-order valence-corrected chi connectivity index (χ4v) is 2.99. The fraction of sp³-hybridized carbons (Fsp3) is 0.333. The molecule has 0 radical (unpaired) electrons. The summed E-state index contributed by atoms with van der Waals surface area (Å²) in [5.74, 6) is 2.31. The van der Waals surface area contributed by atoms with Crippen molar-refractivity contribution in [1.29, 1.82) is 0 Å². The van der Waals surface area contributed by atoms with Gasteiger partial charge in [0.05, 0.1) is 7.11 Å². The normalized spacial score (nSPS) is 20.3. The Morgan fingerprint density at radius 3 is 2.60 bits per heavy atom. The minimum Gasteiger partial charge on any atom is -0.497 e. The van der Waals surface area contributed by atoms with Gasteiger partial charge in [0.1, 0.15) is 17.6 Å². The van der Waals surface area contributed by atoms with Crippen LogP contribution in [-0.4, -0.2) is 7.11 Å². The van der Waals surface area contributed by atoms with E-state index in [0.717, 1.165) is 24.3 Å². The van der Waals surface area contributed by atoms with Crippen molar-refractivity contribution >= 4 is 0 Å². The van der Waals surface area contributed by atoms with Crippen LogP contribution in [0.4, 0.5) is 0 Å². The van der Waals surface area contributed by atoms with Gasteiger partial charge >= 0.3 is 0 Å². The monoisotopic (exact) mass is 268 g/mol. The van der Waals surface area contributed by atoms with E-state index in [2.05, 4.69) is 37.3 Å². The smallest absolute Gasteiger partial charge is 0.131 e. The van der Waals surface area contributed by atoms with Crippen LogP contribution in [-0.2, 0) is 0 Å². The van der Waals surface area contributed by atoms with E-state index in [1.807, 2.05) is 18.2 Å². The van der Waals surface area contributed by atoms with Gasteiger partial charge in [0, 0.05) is 11.5 Å². The van der Waals surface area contributed by atoms with Crippen LogP contribution in [0, 0.1) is 0 Å². The average molecular weight is 268 g/mol. The van der Waals surface area contributed by atoms with Gasteiger partial charge in [0.25, 0.3) is 0 Å². The Kier molecular flexibility index (Phi) is 3.64. The maximum absolute atomic E-state index is 6.20. The molecule has 104 valence electrons. The molecule has 2 aromatic carbocycles. The number of benzene rings is 2. The largest absolute Gasteiger partial charge is 0.497 e. The molecular weight excluding hydrogens is 248 g/mol. The maximum Gasteiger partial charge on any atom is 0.131 e. The van der Waals surface area contributed by atoms with E-state index in [1.165, 1.54) is 11.1 Å². The van der Waals surface area contributed by atoms with Crippen LogP contribution >= 0.6 is 0 Å². The number of hydrogen-bond acceptors (Lipinski definition) is 2. The molecule has 2 nitrogen and oxygen atoms in total. The van der Waals surface area contributed by atoms with Gasteiger partial charge in [0.15, 0.2) is 0 Å². The van der Waals surface area contributed by atoms with Crippen LogP contribution in [0.1, 0.15) is 42.9 Å². The molecule has 0 saturated carbocycles. The summed E-state index contributed by atoms with van der Waals surface area (Å²) in [7, 11) is 1.71. The second kappa shape index (κ2) is 5.58. The van der Waals surface area contributed by atoms with Gasteiger partial charge in [-0.15, -0.1) is 0 Å². The average Bonchev–Trinajstić information content (AvgIpc) is 2.86. The molecule has 2 aromatic rings. The van der Waals surface area contributed by atoms with E-state index >= 15 is 0 Å². The van der Waals surface area contributed by atoms with E-state index in [1.54, 1.807) is 7.11 Å². The van der Waals surface area contributed by atoms with Gasteiger partial charge in [-0.3, -0.25) is 0 Å². The van der Waals surface area contributed by atoms with Crippen molar-refractivity contribution in [3.8, 4) is 11.5 Å². The molecule has 2 heteroatoms. The van der Waals surface area contributed by atoms with E-state index in [0.29, 0.717) is 5.92 Å². The molecule has 3 rings (SSSR count). The molecule has 0 amide bonds. The molecule has 1 heterocycles. The summed E-state index contributed by atoms with van der Waals surface area (Å²) in [4.78, 5) is 0. The third kappa shape index (κ3) is 2.26. The van der Waals surface area contributed by atoms with Crippen molar-refractivity contribution < 1.29 is 9.47 Å². The van der Waals surface area contributed by atoms with E-state index in [4.69, 9.17) is 9.47 Å². The Morgan fingerprint density at radius 2 is 1.90 bits per heavy atom. The summed E-state index contributed by atoms with van der Waals surface area (Å²) in [5.41, 5.74) is 2.53. The quantitative estimate of drug-likeness (QED) is 0.799. The van der Waals surface area contributed by atoms with Crippen molar-refractivity contribution in [2.45, 2.75) is 31.8 Å². The van der Waals surface area contributed by atoms with Gasteiger partial charge in [-0.25, -0.2) is 0 Å². The first-order valence-electron chi connectivity index (χ1n) is 7.23. The molecule has 0 aliphatic carbocycles. The highest BCUT2D eigenvalue weighted by atomic mass is 16.5. The maximum atomic E-state index is 6.20. The van der Waals surface area contributed by atoms with E-state index in [-0.39, 0.29) is 6.10 Å². The molecule has 1 aliphatic heterocycles. The van der Waals surface area contributed by atoms with Gasteiger partial charge < -0.3 is 9.47 Å². The Hall–Kier alpha value is -1.96. The predicted molar refractivity (Wildman–Crippen MR) is 80.5 cm³/mol. The predicted octanol–water partition coefficient (Wildman–Crippen LogP) is 4.71. The Labute approximate surface area is 120 Å². The zero-order chi connectivity index (χ0) is 13.9. The highest BCUT2D eigenvalue weighted by Crippen LogP contribution is 2.49. The SMILES string of the molecule is CCCC1c2cc(OC)ccc2OC1c1ccccc1. The van der Waals surface area contributed by atoms with Crippen molar-refractivity contribution in [1.82, 2.24) is 0 Å². The molecule has 0 saturated heterocycles. The van der Waals surface area contributed by atoms with Gasteiger partial charge in [-0.05, 0) is 30.2 Å². The summed E-state index contributed by atoms with van der Waals surface area (Å²) in [6, 6.07) is 16.6. The number of methoxy groups -OCH3 is 1. The first-order chi connectivity index (χ1) is 9.83. The third-order valence-corrected chi connectivity index (χ3v) is 3.96. The standard InChI is InChI=1S/C18H20O2/c1-3-7-15-16-12-14(19-2)10-11-17(16)20-18(15)13-8-5-4-6-9-13/h4-6,8-12,15,18H,3,7H2,1-2H3. The first kappa shape index (κ1) is 13.0. The number of hydrogen-bond donors (Lipinski definition) is 0. The molecule has 0 aromatic heterocycles. The van der Waals surface area contributed by atoms with E-state index in [9.17, 15) is 0 Å². The third-order valence-electron chi connectivity index (χ3n) is 3.96. The van der Waals surface area contributed by atoms with Crippen LogP contribution in [0.15, 0.2) is 48.5 Å². The topological polar surface area (TPSA) is 18.5 Å². The van der Waals surface area contributed by atoms with Crippen molar-refractivity contribution in [3.63, 3.8) is 0 Å². The molecular formula is C18H20O2. The molecule has 2 atom stereocenters. The second-order valence-corrected chi connectivity index (χ2v) is 5.25. The van der Waals surface area contributed by atoms with Crippen LogP contribution < -0.4 is 9.47 Å². The molecule has 0 bridgehead atoms. The van der Waals surface area contributed by atoms with Crippen molar-refractivity contribution in [3.05, 3.63) is 59.7 Å². The highest BCUT2D eigenvalue weighted by molar-refractivity contribution is 5.47. The molecule has 1 aliphatic rings. The highest BCUT2D eigenvalue weighted by Gasteiger charge is 2.34. The Morgan fingerprint density at radius 1 is 1.10 bits per heavy atom. The van der Waals surface area contributed by atoms with Crippen LogP contribution in [0.25, 0.3) is 0 Å². The van der Waals surface area contributed by atoms with Crippen molar-refractivity contribution in [2.24, 2.45) is 0 Å².